The number of carbonyl (C=O) groups excluding carboxylic acids is 1. The van der Waals surface area contributed by atoms with E-state index in [-0.39, 0.29) is 5.97 Å². The molecule has 0 amide bonds. The molecule has 0 spiro atoms. The van der Waals surface area contributed by atoms with Crippen LogP contribution in [0.15, 0.2) is 0 Å². The molecule has 14 heavy (non-hydrogen) atoms. The molecule has 0 radical (unpaired) electrons. The van der Waals surface area contributed by atoms with Gasteiger partial charge in [0.15, 0.2) is 0 Å². The van der Waals surface area contributed by atoms with Crippen LogP contribution >= 0.6 is 0 Å². The second-order valence-electron chi connectivity index (χ2n) is 4.30. The summed E-state index contributed by atoms with van der Waals surface area (Å²) in [7, 11) is 0. The highest BCUT2D eigenvalue weighted by molar-refractivity contribution is 5.77. The van der Waals surface area contributed by atoms with Crippen LogP contribution in [0.1, 0.15) is 27.2 Å². The average molecular weight is 201 g/mol. The van der Waals surface area contributed by atoms with E-state index < -0.39 is 11.0 Å². The number of β-amino-alcohol motifs (C(OH)–C–C–N with tert-alkyl or cyclic N) is 1. The van der Waals surface area contributed by atoms with Crippen LogP contribution in [0, 0.1) is 5.41 Å². The van der Waals surface area contributed by atoms with E-state index >= 15 is 0 Å². The Morgan fingerprint density at radius 3 is 2.71 bits per heavy atom. The highest BCUT2D eigenvalue weighted by Crippen LogP contribution is 2.36. The van der Waals surface area contributed by atoms with E-state index in [1.54, 1.807) is 20.8 Å². The summed E-state index contributed by atoms with van der Waals surface area (Å²) < 4.78 is 4.96. The van der Waals surface area contributed by atoms with Crippen LogP contribution in [-0.4, -0.2) is 36.4 Å². The van der Waals surface area contributed by atoms with Gasteiger partial charge in [0.05, 0.1) is 17.6 Å². The Labute approximate surface area is 84.6 Å². The SMILES string of the molecule is CCOC(=O)C(C)(C)C1(O)CCNC1. The zero-order chi connectivity index (χ0) is 10.8. The quantitative estimate of drug-likeness (QED) is 0.645. The van der Waals surface area contributed by atoms with Crippen LogP contribution in [-0.2, 0) is 9.53 Å². The van der Waals surface area contributed by atoms with Gasteiger partial charge in [0, 0.05) is 6.54 Å². The fourth-order valence-electron chi connectivity index (χ4n) is 1.71. The maximum Gasteiger partial charge on any atom is 0.314 e. The molecule has 1 rings (SSSR count). The number of carbonyl (C=O) groups is 1. The van der Waals surface area contributed by atoms with Gasteiger partial charge in [-0.3, -0.25) is 4.79 Å². The first-order chi connectivity index (χ1) is 6.44. The summed E-state index contributed by atoms with van der Waals surface area (Å²) >= 11 is 0. The largest absolute Gasteiger partial charge is 0.465 e. The molecule has 0 aromatic heterocycles. The topological polar surface area (TPSA) is 58.6 Å². The maximum atomic E-state index is 11.6. The number of hydrogen-bond donors (Lipinski definition) is 2. The van der Waals surface area contributed by atoms with E-state index in [1.807, 2.05) is 0 Å². The van der Waals surface area contributed by atoms with Crippen molar-refractivity contribution in [2.45, 2.75) is 32.8 Å². The van der Waals surface area contributed by atoms with Crippen molar-refractivity contribution in [3.63, 3.8) is 0 Å². The smallest absolute Gasteiger partial charge is 0.314 e. The maximum absolute atomic E-state index is 11.6. The third-order valence-electron chi connectivity index (χ3n) is 3.08. The lowest BCUT2D eigenvalue weighted by Crippen LogP contribution is -2.51. The highest BCUT2D eigenvalue weighted by Gasteiger charge is 2.51. The van der Waals surface area contributed by atoms with Gasteiger partial charge in [-0.25, -0.2) is 0 Å². The summed E-state index contributed by atoms with van der Waals surface area (Å²) in [6.45, 7) is 6.80. The molecule has 4 nitrogen and oxygen atoms in total. The second kappa shape index (κ2) is 3.87. The zero-order valence-electron chi connectivity index (χ0n) is 9.09. The molecule has 1 atom stereocenters. The Bertz CT molecular complexity index is 219. The molecule has 0 aromatic carbocycles. The van der Waals surface area contributed by atoms with Crippen molar-refractivity contribution in [3.05, 3.63) is 0 Å². The molecule has 1 saturated heterocycles. The number of nitrogens with one attached hydrogen (secondary N) is 1. The first-order valence-corrected chi connectivity index (χ1v) is 5.04. The van der Waals surface area contributed by atoms with Crippen LogP contribution in [0.2, 0.25) is 0 Å². The minimum Gasteiger partial charge on any atom is -0.465 e. The van der Waals surface area contributed by atoms with E-state index in [9.17, 15) is 9.90 Å². The summed E-state index contributed by atoms with van der Waals surface area (Å²) in [6, 6.07) is 0. The molecule has 4 heteroatoms. The molecule has 2 N–H and O–H groups in total. The lowest BCUT2D eigenvalue weighted by Gasteiger charge is -2.36. The van der Waals surface area contributed by atoms with Gasteiger partial charge >= 0.3 is 5.97 Å². The second-order valence-corrected chi connectivity index (χ2v) is 4.30. The number of hydrogen-bond acceptors (Lipinski definition) is 4. The summed E-state index contributed by atoms with van der Waals surface area (Å²) in [4.78, 5) is 11.6. The summed E-state index contributed by atoms with van der Waals surface area (Å²) in [5, 5.41) is 13.3. The Kier molecular flexibility index (Phi) is 3.17. The normalized spacial score (nSPS) is 27.7. The molecule has 0 aromatic rings. The molecule has 1 aliphatic rings. The van der Waals surface area contributed by atoms with Gasteiger partial charge < -0.3 is 15.2 Å². The van der Waals surface area contributed by atoms with E-state index in [0.29, 0.717) is 19.6 Å². The van der Waals surface area contributed by atoms with Crippen molar-refractivity contribution < 1.29 is 14.6 Å². The first kappa shape index (κ1) is 11.5. The van der Waals surface area contributed by atoms with Crippen molar-refractivity contribution in [1.82, 2.24) is 5.32 Å². The minimum absolute atomic E-state index is 0.328. The van der Waals surface area contributed by atoms with Gasteiger partial charge in [-0.1, -0.05) is 0 Å². The van der Waals surface area contributed by atoms with Crippen LogP contribution in [0.25, 0.3) is 0 Å². The van der Waals surface area contributed by atoms with Crippen molar-refractivity contribution in [2.75, 3.05) is 19.7 Å². The molecule has 1 fully saturated rings. The summed E-state index contributed by atoms with van der Waals surface area (Å²) in [5.41, 5.74) is -1.81. The Hall–Kier alpha value is -0.610. The lowest BCUT2D eigenvalue weighted by molar-refractivity contribution is -0.168. The molecular weight excluding hydrogens is 182 g/mol. The third kappa shape index (κ3) is 1.77. The van der Waals surface area contributed by atoms with Crippen molar-refractivity contribution in [2.24, 2.45) is 5.41 Å². The molecule has 0 bridgehead atoms. The Morgan fingerprint density at radius 2 is 2.29 bits per heavy atom. The van der Waals surface area contributed by atoms with Gasteiger partial charge in [-0.05, 0) is 33.7 Å². The van der Waals surface area contributed by atoms with Gasteiger partial charge in [0.2, 0.25) is 0 Å². The predicted octanol–water partition coefficient (Wildman–Crippen LogP) is 0.300. The van der Waals surface area contributed by atoms with E-state index in [1.165, 1.54) is 0 Å². The molecule has 82 valence electrons. The molecule has 1 aliphatic heterocycles. The molecule has 1 heterocycles. The van der Waals surface area contributed by atoms with Crippen molar-refractivity contribution >= 4 is 5.97 Å². The van der Waals surface area contributed by atoms with Gasteiger partial charge in [0.25, 0.3) is 0 Å². The highest BCUT2D eigenvalue weighted by atomic mass is 16.5. The molecular formula is C10H19NO3. The fraction of sp³-hybridized carbons (Fsp3) is 0.900. The molecule has 0 saturated carbocycles. The average Bonchev–Trinajstić information content (AvgIpc) is 2.54. The van der Waals surface area contributed by atoms with E-state index in [4.69, 9.17) is 4.74 Å². The molecule has 1 unspecified atom stereocenters. The predicted molar refractivity (Wildman–Crippen MR) is 52.9 cm³/mol. The Morgan fingerprint density at radius 1 is 1.64 bits per heavy atom. The standard InChI is InChI=1S/C10H19NO3/c1-4-14-8(12)9(2,3)10(13)5-6-11-7-10/h11,13H,4-7H2,1-3H3. The number of ether oxygens (including phenoxy) is 1. The van der Waals surface area contributed by atoms with Gasteiger partial charge in [-0.2, -0.15) is 0 Å². The summed E-state index contributed by atoms with van der Waals surface area (Å²) in [6.07, 6.45) is 0.596. The van der Waals surface area contributed by atoms with E-state index in [0.717, 1.165) is 6.54 Å². The number of esters is 1. The molecule has 0 aliphatic carbocycles. The lowest BCUT2D eigenvalue weighted by atomic mass is 9.74. The van der Waals surface area contributed by atoms with Crippen LogP contribution < -0.4 is 5.32 Å². The third-order valence-corrected chi connectivity index (χ3v) is 3.08. The van der Waals surface area contributed by atoms with Crippen molar-refractivity contribution in [1.29, 1.82) is 0 Å². The van der Waals surface area contributed by atoms with Crippen LogP contribution in [0.3, 0.4) is 0 Å². The number of rotatable bonds is 3. The van der Waals surface area contributed by atoms with E-state index in [2.05, 4.69) is 5.32 Å². The van der Waals surface area contributed by atoms with Crippen LogP contribution in [0.5, 0.6) is 0 Å². The first-order valence-electron chi connectivity index (χ1n) is 5.04. The fourth-order valence-corrected chi connectivity index (χ4v) is 1.71. The number of aliphatic hydroxyl groups is 1. The summed E-state index contributed by atoms with van der Waals surface area (Å²) in [5.74, 6) is -0.328. The van der Waals surface area contributed by atoms with Crippen molar-refractivity contribution in [3.8, 4) is 0 Å². The minimum atomic E-state index is -0.973. The monoisotopic (exact) mass is 201 g/mol. The Balaban J connectivity index is 2.76. The van der Waals surface area contributed by atoms with Crippen LogP contribution in [0.4, 0.5) is 0 Å². The van der Waals surface area contributed by atoms with Gasteiger partial charge in [-0.15, -0.1) is 0 Å². The van der Waals surface area contributed by atoms with Gasteiger partial charge in [0.1, 0.15) is 0 Å². The zero-order valence-corrected chi connectivity index (χ0v) is 9.09.